The molecule has 1 aromatic heterocycles. The van der Waals surface area contributed by atoms with Crippen LogP contribution in [0, 0.1) is 5.41 Å². The van der Waals surface area contributed by atoms with E-state index < -0.39 is 10.0 Å². The second kappa shape index (κ2) is 5.59. The van der Waals surface area contributed by atoms with Gasteiger partial charge in [-0.1, -0.05) is 23.2 Å². The van der Waals surface area contributed by atoms with E-state index >= 15 is 0 Å². The van der Waals surface area contributed by atoms with Crippen LogP contribution in [0.1, 0.15) is 0 Å². The quantitative estimate of drug-likeness (QED) is 0.817. The first-order valence-corrected chi connectivity index (χ1v) is 9.70. The summed E-state index contributed by atoms with van der Waals surface area (Å²) in [6, 6.07) is 8.78. The fourth-order valence-corrected chi connectivity index (χ4v) is 5.27. The molecule has 0 bridgehead atoms. The zero-order chi connectivity index (χ0) is 16.9. The van der Waals surface area contributed by atoms with Gasteiger partial charge in [-0.2, -0.15) is 4.31 Å². The fraction of sp³-hybridized carbons (Fsp3) is 0.312. The van der Waals surface area contributed by atoms with Crippen LogP contribution < -0.4 is 4.90 Å². The lowest BCUT2D eigenvalue weighted by Gasteiger charge is -2.60. The molecule has 0 radical (unpaired) electrons. The summed E-state index contributed by atoms with van der Waals surface area (Å²) in [6.45, 7) is 2.73. The van der Waals surface area contributed by atoms with E-state index in [2.05, 4.69) is 9.88 Å². The Morgan fingerprint density at radius 1 is 1.04 bits per heavy atom. The Morgan fingerprint density at radius 2 is 1.79 bits per heavy atom. The van der Waals surface area contributed by atoms with Gasteiger partial charge in [0.15, 0.2) is 0 Å². The maximum Gasteiger partial charge on any atom is 0.244 e. The summed E-state index contributed by atoms with van der Waals surface area (Å²) in [5, 5.41) is 1.07. The molecule has 2 aliphatic rings. The first-order valence-electron chi connectivity index (χ1n) is 7.50. The van der Waals surface area contributed by atoms with E-state index in [4.69, 9.17) is 23.2 Å². The number of halogens is 2. The monoisotopic (exact) mass is 383 g/mol. The van der Waals surface area contributed by atoms with Crippen molar-refractivity contribution in [1.82, 2.24) is 9.29 Å². The third-order valence-corrected chi connectivity index (χ3v) is 7.13. The molecule has 8 heteroatoms. The molecule has 2 aliphatic heterocycles. The third kappa shape index (κ3) is 2.58. The fourth-order valence-electron chi connectivity index (χ4n) is 3.35. The number of benzene rings is 1. The van der Waals surface area contributed by atoms with Crippen LogP contribution in [-0.2, 0) is 10.0 Å². The molecule has 0 N–H and O–H groups in total. The molecule has 0 aliphatic carbocycles. The van der Waals surface area contributed by atoms with Gasteiger partial charge in [0, 0.05) is 49.7 Å². The minimum atomic E-state index is -3.43. The van der Waals surface area contributed by atoms with Crippen molar-refractivity contribution in [3.63, 3.8) is 0 Å². The molecule has 0 saturated carbocycles. The highest BCUT2D eigenvalue weighted by Gasteiger charge is 2.55. The maximum absolute atomic E-state index is 12.5. The summed E-state index contributed by atoms with van der Waals surface area (Å²) in [6.07, 6.45) is 2.96. The molecule has 1 aromatic carbocycles. The molecular formula is C16H15Cl2N3O2S. The molecule has 2 aromatic rings. The van der Waals surface area contributed by atoms with Crippen LogP contribution in [-0.4, -0.2) is 43.9 Å². The van der Waals surface area contributed by atoms with Crippen LogP contribution in [0.2, 0.25) is 10.0 Å². The first-order chi connectivity index (χ1) is 11.4. The Balaban J connectivity index is 1.41. The van der Waals surface area contributed by atoms with Crippen LogP contribution >= 0.6 is 23.2 Å². The van der Waals surface area contributed by atoms with Crippen molar-refractivity contribution in [1.29, 1.82) is 0 Å². The van der Waals surface area contributed by atoms with Crippen molar-refractivity contribution < 1.29 is 8.42 Å². The second-order valence-corrected chi connectivity index (χ2v) is 9.17. The van der Waals surface area contributed by atoms with Crippen molar-refractivity contribution >= 4 is 38.9 Å². The average molecular weight is 384 g/mol. The van der Waals surface area contributed by atoms with Gasteiger partial charge >= 0.3 is 0 Å². The molecule has 5 nitrogen and oxygen atoms in total. The highest BCUT2D eigenvalue weighted by Crippen LogP contribution is 2.44. The molecule has 1 spiro atoms. The lowest BCUT2D eigenvalue weighted by molar-refractivity contribution is 0.0395. The molecule has 24 heavy (non-hydrogen) atoms. The normalized spacial score (nSPS) is 19.8. The summed E-state index contributed by atoms with van der Waals surface area (Å²) < 4.78 is 26.6. The summed E-state index contributed by atoms with van der Waals surface area (Å²) in [5.74, 6) is 0. The third-order valence-electron chi connectivity index (χ3n) is 4.62. The lowest BCUT2D eigenvalue weighted by atomic mass is 9.74. The van der Waals surface area contributed by atoms with Crippen LogP contribution in [0.4, 0.5) is 5.69 Å². The molecule has 0 unspecified atom stereocenters. The average Bonchev–Trinajstić information content (AvgIpc) is 2.48. The molecule has 4 rings (SSSR count). The Kier molecular flexibility index (Phi) is 3.76. The Bertz CT molecular complexity index is 875. The Hall–Kier alpha value is -1.34. The molecule has 2 saturated heterocycles. The van der Waals surface area contributed by atoms with Crippen LogP contribution in [0.25, 0.3) is 0 Å². The lowest BCUT2D eigenvalue weighted by Crippen LogP contribution is -2.73. The number of anilines is 1. The Morgan fingerprint density at radius 3 is 2.42 bits per heavy atom. The van der Waals surface area contributed by atoms with E-state index in [9.17, 15) is 8.42 Å². The first kappa shape index (κ1) is 16.1. The van der Waals surface area contributed by atoms with Crippen molar-refractivity contribution in [3.05, 3.63) is 52.8 Å². The number of aromatic nitrogens is 1. The summed E-state index contributed by atoms with van der Waals surface area (Å²) in [7, 11) is -3.43. The van der Waals surface area contributed by atoms with Crippen molar-refractivity contribution in [2.45, 2.75) is 4.90 Å². The highest BCUT2D eigenvalue weighted by molar-refractivity contribution is 7.89. The molecule has 2 fully saturated rings. The van der Waals surface area contributed by atoms with Gasteiger partial charge in [0.1, 0.15) is 4.90 Å². The minimum Gasteiger partial charge on any atom is -0.370 e. The number of hydrogen-bond acceptors (Lipinski definition) is 4. The van der Waals surface area contributed by atoms with Crippen molar-refractivity contribution in [2.24, 2.45) is 5.41 Å². The van der Waals surface area contributed by atoms with Gasteiger partial charge in [-0.15, -0.1) is 0 Å². The van der Waals surface area contributed by atoms with E-state index in [1.54, 1.807) is 24.4 Å². The largest absolute Gasteiger partial charge is 0.370 e. The number of nitrogens with zero attached hydrogens (tertiary/aromatic N) is 3. The predicted molar refractivity (Wildman–Crippen MR) is 94.1 cm³/mol. The highest BCUT2D eigenvalue weighted by atomic mass is 35.5. The van der Waals surface area contributed by atoms with Gasteiger partial charge in [-0.25, -0.2) is 8.42 Å². The van der Waals surface area contributed by atoms with Gasteiger partial charge in [-0.3, -0.25) is 4.98 Å². The van der Waals surface area contributed by atoms with Gasteiger partial charge < -0.3 is 4.90 Å². The number of hydrogen-bond donors (Lipinski definition) is 0. The topological polar surface area (TPSA) is 53.5 Å². The van der Waals surface area contributed by atoms with Crippen LogP contribution in [0.15, 0.2) is 47.6 Å². The molecule has 0 atom stereocenters. The molecule has 3 heterocycles. The smallest absolute Gasteiger partial charge is 0.244 e. The molecule has 0 amide bonds. The second-order valence-electron chi connectivity index (χ2n) is 6.42. The van der Waals surface area contributed by atoms with E-state index in [-0.39, 0.29) is 10.3 Å². The van der Waals surface area contributed by atoms with Gasteiger partial charge in [0.05, 0.1) is 10.0 Å². The summed E-state index contributed by atoms with van der Waals surface area (Å²) in [5.41, 5.74) is 1.06. The van der Waals surface area contributed by atoms with Gasteiger partial charge in [0.25, 0.3) is 0 Å². The summed E-state index contributed by atoms with van der Waals surface area (Å²) in [4.78, 5) is 6.33. The minimum absolute atomic E-state index is 0.0430. The maximum atomic E-state index is 12.5. The van der Waals surface area contributed by atoms with Crippen molar-refractivity contribution in [3.8, 4) is 0 Å². The van der Waals surface area contributed by atoms with Gasteiger partial charge in [-0.05, 0) is 30.3 Å². The van der Waals surface area contributed by atoms with E-state index in [0.717, 1.165) is 18.8 Å². The standard InChI is InChI=1S/C16H15Cl2N3O2S/c17-14-4-3-12(6-15(14)18)20-8-16(9-20)10-21(11-16)24(22,23)13-2-1-5-19-7-13/h1-7H,8-11H2. The zero-order valence-corrected chi connectivity index (χ0v) is 15.0. The van der Waals surface area contributed by atoms with Crippen LogP contribution in [0.3, 0.4) is 0 Å². The number of rotatable bonds is 3. The molecular weight excluding hydrogens is 369 g/mol. The van der Waals surface area contributed by atoms with Crippen LogP contribution in [0.5, 0.6) is 0 Å². The Labute approximate surface area is 150 Å². The van der Waals surface area contributed by atoms with E-state index in [0.29, 0.717) is 23.1 Å². The van der Waals surface area contributed by atoms with Crippen molar-refractivity contribution in [2.75, 3.05) is 31.1 Å². The van der Waals surface area contributed by atoms with E-state index in [1.165, 1.54) is 10.5 Å². The SMILES string of the molecule is O=S(=O)(c1cccnc1)N1CC2(CN(c3ccc(Cl)c(Cl)c3)C2)C1. The van der Waals surface area contributed by atoms with E-state index in [1.807, 2.05) is 12.1 Å². The number of pyridine rings is 1. The summed E-state index contributed by atoms with van der Waals surface area (Å²) >= 11 is 12.0. The number of sulfonamides is 1. The molecule has 126 valence electrons. The van der Waals surface area contributed by atoms with Gasteiger partial charge in [0.2, 0.25) is 10.0 Å². The zero-order valence-electron chi connectivity index (χ0n) is 12.7. The predicted octanol–water partition coefficient (Wildman–Crippen LogP) is 2.90.